The summed E-state index contributed by atoms with van der Waals surface area (Å²) in [7, 11) is 1.96. The number of halogens is 2. The Bertz CT molecular complexity index is 628. The summed E-state index contributed by atoms with van der Waals surface area (Å²) in [5.41, 5.74) is 8.80. The fourth-order valence-corrected chi connectivity index (χ4v) is 2.82. The molecular weight excluding hydrogens is 331 g/mol. The van der Waals surface area contributed by atoms with Gasteiger partial charge in [0.05, 0.1) is 6.04 Å². The lowest BCUT2D eigenvalue weighted by Crippen LogP contribution is -2.25. The maximum Gasteiger partial charge on any atom is 0.128 e. The lowest BCUT2D eigenvalue weighted by molar-refractivity contribution is 0.584. The van der Waals surface area contributed by atoms with Crippen molar-refractivity contribution in [3.63, 3.8) is 0 Å². The van der Waals surface area contributed by atoms with E-state index in [2.05, 4.69) is 20.8 Å². The maximum atomic E-state index is 14.0. The molecule has 2 unspecified atom stereocenters. The van der Waals surface area contributed by atoms with Crippen molar-refractivity contribution < 1.29 is 4.39 Å². The fourth-order valence-electron chi connectivity index (χ4n) is 2.44. The summed E-state index contributed by atoms with van der Waals surface area (Å²) in [5, 5.41) is 0. The van der Waals surface area contributed by atoms with Crippen molar-refractivity contribution in [2.45, 2.75) is 25.9 Å². The Kier molecular flexibility index (Phi) is 5.01. The van der Waals surface area contributed by atoms with Crippen LogP contribution in [0.3, 0.4) is 0 Å². The molecule has 0 radical (unpaired) electrons. The normalized spacial score (nSPS) is 13.8. The predicted octanol–water partition coefficient (Wildman–Crippen LogP) is 4.81. The Hall–Kier alpha value is -1.39. The van der Waals surface area contributed by atoms with Crippen LogP contribution in [0.1, 0.15) is 37.1 Å². The van der Waals surface area contributed by atoms with Gasteiger partial charge in [0.25, 0.3) is 0 Å². The zero-order chi connectivity index (χ0) is 15.6. The average molecular weight is 351 g/mol. The molecule has 0 heterocycles. The molecule has 0 saturated carbocycles. The van der Waals surface area contributed by atoms with E-state index in [4.69, 9.17) is 5.73 Å². The number of nitrogens with zero attached hydrogens (tertiary/aromatic N) is 1. The van der Waals surface area contributed by atoms with Crippen molar-refractivity contribution in [1.82, 2.24) is 0 Å². The molecule has 2 nitrogen and oxygen atoms in total. The van der Waals surface area contributed by atoms with Gasteiger partial charge in [0.1, 0.15) is 5.82 Å². The zero-order valence-corrected chi connectivity index (χ0v) is 14.1. The number of benzene rings is 2. The van der Waals surface area contributed by atoms with Gasteiger partial charge in [-0.05, 0) is 43.7 Å². The molecule has 21 heavy (non-hydrogen) atoms. The number of anilines is 1. The molecule has 2 aromatic rings. The summed E-state index contributed by atoms with van der Waals surface area (Å²) in [6.07, 6.45) is 0. The first-order valence-corrected chi connectivity index (χ1v) is 7.73. The van der Waals surface area contributed by atoms with Crippen LogP contribution in [-0.4, -0.2) is 7.05 Å². The Balaban J connectivity index is 2.40. The van der Waals surface area contributed by atoms with Gasteiger partial charge in [-0.1, -0.05) is 34.1 Å². The highest BCUT2D eigenvalue weighted by Crippen LogP contribution is 2.33. The number of rotatable bonds is 4. The molecule has 2 atom stereocenters. The van der Waals surface area contributed by atoms with Crippen molar-refractivity contribution in [2.24, 2.45) is 5.73 Å². The van der Waals surface area contributed by atoms with Crippen LogP contribution in [0.15, 0.2) is 46.9 Å². The van der Waals surface area contributed by atoms with Gasteiger partial charge in [-0.25, -0.2) is 4.39 Å². The summed E-state index contributed by atoms with van der Waals surface area (Å²) >= 11 is 3.47. The Labute approximate surface area is 133 Å². The molecule has 2 N–H and O–H groups in total. The van der Waals surface area contributed by atoms with Crippen molar-refractivity contribution >= 4 is 21.6 Å². The first kappa shape index (κ1) is 16.0. The van der Waals surface area contributed by atoms with Gasteiger partial charge in [0.15, 0.2) is 0 Å². The third kappa shape index (κ3) is 3.44. The third-order valence-electron chi connectivity index (χ3n) is 3.80. The Morgan fingerprint density at radius 1 is 1.10 bits per heavy atom. The molecule has 0 aliphatic heterocycles. The van der Waals surface area contributed by atoms with Crippen LogP contribution in [0.2, 0.25) is 0 Å². The lowest BCUT2D eigenvalue weighted by Gasteiger charge is -2.30. The molecule has 4 heteroatoms. The molecular formula is C17H20BrFN2. The van der Waals surface area contributed by atoms with Crippen LogP contribution < -0.4 is 10.6 Å². The largest absolute Gasteiger partial charge is 0.367 e. The molecule has 112 valence electrons. The van der Waals surface area contributed by atoms with Gasteiger partial charge >= 0.3 is 0 Å². The molecule has 0 fully saturated rings. The molecule has 0 bridgehead atoms. The first-order valence-electron chi connectivity index (χ1n) is 6.94. The second kappa shape index (κ2) is 6.58. The summed E-state index contributed by atoms with van der Waals surface area (Å²) < 4.78 is 15.0. The molecule has 0 saturated heterocycles. The monoisotopic (exact) mass is 350 g/mol. The van der Waals surface area contributed by atoms with E-state index in [1.54, 1.807) is 6.07 Å². The van der Waals surface area contributed by atoms with Gasteiger partial charge in [0, 0.05) is 28.8 Å². The zero-order valence-electron chi connectivity index (χ0n) is 12.5. The van der Waals surface area contributed by atoms with Gasteiger partial charge in [-0.2, -0.15) is 0 Å². The second-order valence-electron chi connectivity index (χ2n) is 5.30. The first-order chi connectivity index (χ1) is 9.91. The van der Waals surface area contributed by atoms with Crippen LogP contribution in [0.4, 0.5) is 10.1 Å². The fraction of sp³-hybridized carbons (Fsp3) is 0.294. The van der Waals surface area contributed by atoms with E-state index < -0.39 is 0 Å². The molecule has 0 aliphatic rings. The topological polar surface area (TPSA) is 29.3 Å². The standard InChI is InChI=1S/C17H20BrFN2/c1-11(20)15-10-13(18)8-9-17(15)21(3)12(2)14-6-4-5-7-16(14)19/h4-12H,20H2,1-3H3. The lowest BCUT2D eigenvalue weighted by atomic mass is 10.0. The molecule has 2 rings (SSSR count). The van der Waals surface area contributed by atoms with Crippen molar-refractivity contribution in [2.75, 3.05) is 11.9 Å². The van der Waals surface area contributed by atoms with Crippen LogP contribution in [-0.2, 0) is 0 Å². The molecule has 0 amide bonds. The highest BCUT2D eigenvalue weighted by molar-refractivity contribution is 9.10. The average Bonchev–Trinajstić information content (AvgIpc) is 2.46. The van der Waals surface area contributed by atoms with E-state index in [1.165, 1.54) is 6.07 Å². The Morgan fingerprint density at radius 2 is 1.76 bits per heavy atom. The minimum absolute atomic E-state index is 0.0788. The minimum Gasteiger partial charge on any atom is -0.367 e. The minimum atomic E-state index is -0.184. The summed E-state index contributed by atoms with van der Waals surface area (Å²) in [4.78, 5) is 2.06. The van der Waals surface area contributed by atoms with Gasteiger partial charge in [-0.15, -0.1) is 0 Å². The number of hydrogen-bond donors (Lipinski definition) is 1. The highest BCUT2D eigenvalue weighted by atomic mass is 79.9. The van der Waals surface area contributed by atoms with Gasteiger partial charge in [-0.3, -0.25) is 0 Å². The number of nitrogens with two attached hydrogens (primary N) is 1. The van der Waals surface area contributed by atoms with Gasteiger partial charge in [0.2, 0.25) is 0 Å². The molecule has 0 aromatic heterocycles. The smallest absolute Gasteiger partial charge is 0.128 e. The van der Waals surface area contributed by atoms with Crippen molar-refractivity contribution in [1.29, 1.82) is 0 Å². The Morgan fingerprint density at radius 3 is 2.38 bits per heavy atom. The van der Waals surface area contributed by atoms with E-state index in [0.717, 1.165) is 15.7 Å². The van der Waals surface area contributed by atoms with Crippen LogP contribution in [0.5, 0.6) is 0 Å². The van der Waals surface area contributed by atoms with Crippen LogP contribution >= 0.6 is 15.9 Å². The molecule has 2 aromatic carbocycles. The predicted molar refractivity (Wildman–Crippen MR) is 90.0 cm³/mol. The molecule has 0 aliphatic carbocycles. The van der Waals surface area contributed by atoms with Crippen LogP contribution in [0.25, 0.3) is 0 Å². The van der Waals surface area contributed by atoms with E-state index in [0.29, 0.717) is 5.56 Å². The summed E-state index contributed by atoms with van der Waals surface area (Å²) in [6, 6.07) is 12.7. The maximum absolute atomic E-state index is 14.0. The third-order valence-corrected chi connectivity index (χ3v) is 4.29. The number of hydrogen-bond acceptors (Lipinski definition) is 2. The van der Waals surface area contributed by atoms with Crippen molar-refractivity contribution in [3.8, 4) is 0 Å². The highest BCUT2D eigenvalue weighted by Gasteiger charge is 2.19. The van der Waals surface area contributed by atoms with E-state index >= 15 is 0 Å². The van der Waals surface area contributed by atoms with Crippen molar-refractivity contribution in [3.05, 3.63) is 63.9 Å². The van der Waals surface area contributed by atoms with E-state index in [9.17, 15) is 4.39 Å². The summed E-state index contributed by atoms with van der Waals surface area (Å²) in [5.74, 6) is -0.184. The SMILES string of the molecule is CC(N)c1cc(Br)ccc1N(C)C(C)c1ccccc1F. The van der Waals surface area contributed by atoms with Gasteiger partial charge < -0.3 is 10.6 Å². The second-order valence-corrected chi connectivity index (χ2v) is 6.22. The molecule has 0 spiro atoms. The van der Waals surface area contributed by atoms with E-state index in [1.807, 2.05) is 51.2 Å². The quantitative estimate of drug-likeness (QED) is 0.857. The van der Waals surface area contributed by atoms with E-state index in [-0.39, 0.29) is 17.9 Å². The van der Waals surface area contributed by atoms with Crippen LogP contribution in [0, 0.1) is 5.82 Å². The summed E-state index contributed by atoms with van der Waals surface area (Å²) in [6.45, 7) is 3.94.